The highest BCUT2D eigenvalue weighted by Crippen LogP contribution is 2.37. The number of carbonyl (C=O) groups excluding carboxylic acids is 2. The lowest BCUT2D eigenvalue weighted by Crippen LogP contribution is -2.40. The first-order valence-corrected chi connectivity index (χ1v) is 7.13. The van der Waals surface area contributed by atoms with Crippen LogP contribution >= 0.6 is 0 Å². The average Bonchev–Trinajstić information content (AvgIpc) is 2.70. The average molecular weight is 327 g/mol. The molecule has 1 aromatic rings. The van der Waals surface area contributed by atoms with E-state index in [4.69, 9.17) is 9.47 Å². The van der Waals surface area contributed by atoms with Crippen LogP contribution in [0.25, 0.3) is 0 Å². The van der Waals surface area contributed by atoms with Crippen LogP contribution in [0.4, 0.5) is 13.6 Å². The molecule has 0 spiro atoms. The van der Waals surface area contributed by atoms with Gasteiger partial charge >= 0.3 is 6.09 Å². The van der Waals surface area contributed by atoms with Crippen LogP contribution in [-0.2, 0) is 9.47 Å². The van der Waals surface area contributed by atoms with Crippen molar-refractivity contribution < 1.29 is 27.8 Å². The van der Waals surface area contributed by atoms with Gasteiger partial charge in [-0.3, -0.25) is 4.79 Å². The molecule has 5 nitrogen and oxygen atoms in total. The molecule has 1 aromatic carbocycles. The van der Waals surface area contributed by atoms with E-state index in [-0.39, 0.29) is 17.7 Å². The second-order valence-electron chi connectivity index (χ2n) is 6.27. The number of alkyl halides is 2. The number of hydrogen-bond acceptors (Lipinski definition) is 4. The van der Waals surface area contributed by atoms with Gasteiger partial charge < -0.3 is 9.47 Å². The Morgan fingerprint density at radius 3 is 2.52 bits per heavy atom. The topological polar surface area (TPSA) is 55.8 Å². The zero-order chi connectivity index (χ0) is 17.4. The van der Waals surface area contributed by atoms with E-state index in [1.807, 2.05) is 0 Å². The predicted octanol–water partition coefficient (Wildman–Crippen LogP) is 3.70. The zero-order valence-corrected chi connectivity index (χ0v) is 13.4. The molecule has 0 fully saturated rings. The maximum absolute atomic E-state index is 12.8. The van der Waals surface area contributed by atoms with Gasteiger partial charge in [0, 0.05) is 18.2 Å². The molecule has 0 aliphatic carbocycles. The number of amides is 2. The minimum absolute atomic E-state index is 0.0615. The van der Waals surface area contributed by atoms with Crippen molar-refractivity contribution in [3.8, 4) is 0 Å². The molecular formula is C16H19F2NO4. The Labute approximate surface area is 133 Å². The number of carbonyl (C=O) groups is 2. The van der Waals surface area contributed by atoms with Crippen molar-refractivity contribution in [1.29, 1.82) is 0 Å². The maximum Gasteiger partial charge on any atom is 0.417 e. The Morgan fingerprint density at radius 1 is 1.35 bits per heavy atom. The van der Waals surface area contributed by atoms with E-state index in [1.165, 1.54) is 19.2 Å². The van der Waals surface area contributed by atoms with E-state index in [0.717, 1.165) is 11.0 Å². The molecule has 1 aliphatic heterocycles. The number of fused-ring (bicyclic) bond motifs is 1. The standard InChI is InChI=1S/C16H19F2NO4/c1-16(2,3)23-15(21)19-12(8-22-4)10-6-5-9(13(17)18)7-11(10)14(19)20/h5-7,12-13H,8H2,1-4H3. The fourth-order valence-corrected chi connectivity index (χ4v) is 2.44. The van der Waals surface area contributed by atoms with E-state index in [0.29, 0.717) is 5.56 Å². The van der Waals surface area contributed by atoms with Gasteiger partial charge in [0.05, 0.1) is 12.6 Å². The van der Waals surface area contributed by atoms with Crippen molar-refractivity contribution in [2.24, 2.45) is 0 Å². The van der Waals surface area contributed by atoms with Gasteiger partial charge in [-0.25, -0.2) is 18.5 Å². The number of imide groups is 1. The molecule has 1 unspecified atom stereocenters. The van der Waals surface area contributed by atoms with Crippen LogP contribution in [0.15, 0.2) is 18.2 Å². The van der Waals surface area contributed by atoms with Crippen LogP contribution in [0, 0.1) is 0 Å². The van der Waals surface area contributed by atoms with E-state index < -0.39 is 30.1 Å². The minimum atomic E-state index is -2.69. The number of ether oxygens (including phenoxy) is 2. The highest BCUT2D eigenvalue weighted by molar-refractivity contribution is 6.07. The Balaban J connectivity index is 2.41. The second-order valence-corrected chi connectivity index (χ2v) is 6.27. The molecule has 7 heteroatoms. The highest BCUT2D eigenvalue weighted by atomic mass is 19.3. The SMILES string of the molecule is COCC1c2ccc(C(F)F)cc2C(=O)N1C(=O)OC(C)(C)C. The lowest BCUT2D eigenvalue weighted by molar-refractivity contribution is 0.0112. The molecular weight excluding hydrogens is 308 g/mol. The van der Waals surface area contributed by atoms with E-state index in [1.54, 1.807) is 20.8 Å². The largest absolute Gasteiger partial charge is 0.443 e. The number of rotatable bonds is 3. The number of nitrogens with zero attached hydrogens (tertiary/aromatic N) is 1. The molecule has 0 radical (unpaired) electrons. The Bertz CT molecular complexity index is 625. The van der Waals surface area contributed by atoms with Crippen molar-refractivity contribution >= 4 is 12.0 Å². The van der Waals surface area contributed by atoms with Gasteiger partial charge in [0.25, 0.3) is 12.3 Å². The molecule has 23 heavy (non-hydrogen) atoms. The van der Waals surface area contributed by atoms with Crippen molar-refractivity contribution in [3.63, 3.8) is 0 Å². The lowest BCUT2D eigenvalue weighted by Gasteiger charge is -2.27. The molecule has 126 valence electrons. The summed E-state index contributed by atoms with van der Waals surface area (Å²) < 4.78 is 36.0. The number of benzene rings is 1. The molecule has 1 heterocycles. The van der Waals surface area contributed by atoms with E-state index in [2.05, 4.69) is 0 Å². The van der Waals surface area contributed by atoms with Crippen molar-refractivity contribution in [1.82, 2.24) is 4.90 Å². The first kappa shape index (κ1) is 17.3. The Hall–Kier alpha value is -2.02. The maximum atomic E-state index is 12.8. The van der Waals surface area contributed by atoms with Crippen molar-refractivity contribution in [2.75, 3.05) is 13.7 Å². The second kappa shape index (κ2) is 6.23. The van der Waals surface area contributed by atoms with Gasteiger partial charge in [0.2, 0.25) is 0 Å². The van der Waals surface area contributed by atoms with Crippen LogP contribution in [-0.4, -0.2) is 36.2 Å². The fourth-order valence-electron chi connectivity index (χ4n) is 2.44. The van der Waals surface area contributed by atoms with Crippen molar-refractivity contribution in [3.05, 3.63) is 34.9 Å². The summed E-state index contributed by atoms with van der Waals surface area (Å²) in [5.74, 6) is -0.654. The summed E-state index contributed by atoms with van der Waals surface area (Å²) in [4.78, 5) is 25.8. The third-order valence-electron chi connectivity index (χ3n) is 3.36. The summed E-state index contributed by atoms with van der Waals surface area (Å²) in [5, 5.41) is 0. The van der Waals surface area contributed by atoms with Gasteiger partial charge in [-0.1, -0.05) is 12.1 Å². The van der Waals surface area contributed by atoms with Gasteiger partial charge in [0.15, 0.2) is 0 Å². The highest BCUT2D eigenvalue weighted by Gasteiger charge is 2.43. The monoisotopic (exact) mass is 327 g/mol. The fraction of sp³-hybridized carbons (Fsp3) is 0.500. The Morgan fingerprint density at radius 2 is 2.00 bits per heavy atom. The van der Waals surface area contributed by atoms with Crippen LogP contribution in [0.2, 0.25) is 0 Å². The summed E-state index contributed by atoms with van der Waals surface area (Å²) in [6.07, 6.45) is -3.51. The van der Waals surface area contributed by atoms with Gasteiger partial charge in [-0.05, 0) is 32.4 Å². The van der Waals surface area contributed by atoms with Crippen molar-refractivity contribution in [2.45, 2.75) is 38.8 Å². The molecule has 0 saturated heterocycles. The van der Waals surface area contributed by atoms with Crippen LogP contribution in [0.1, 0.15) is 54.7 Å². The number of hydrogen-bond donors (Lipinski definition) is 0. The normalized spacial score (nSPS) is 17.6. The molecule has 0 aromatic heterocycles. The quantitative estimate of drug-likeness (QED) is 0.849. The van der Waals surface area contributed by atoms with E-state index in [9.17, 15) is 18.4 Å². The molecule has 1 aliphatic rings. The third kappa shape index (κ3) is 3.50. The molecule has 0 bridgehead atoms. The summed E-state index contributed by atoms with van der Waals surface area (Å²) >= 11 is 0. The number of methoxy groups -OCH3 is 1. The lowest BCUT2D eigenvalue weighted by atomic mass is 10.0. The summed E-state index contributed by atoms with van der Waals surface area (Å²) in [5.41, 5.74) is -0.486. The summed E-state index contributed by atoms with van der Waals surface area (Å²) in [6.45, 7) is 5.10. The zero-order valence-electron chi connectivity index (χ0n) is 13.4. The molecule has 0 N–H and O–H groups in total. The summed E-state index contributed by atoms with van der Waals surface area (Å²) in [6, 6.07) is 3.11. The predicted molar refractivity (Wildman–Crippen MR) is 78.4 cm³/mol. The van der Waals surface area contributed by atoms with Gasteiger partial charge in [-0.15, -0.1) is 0 Å². The number of halogens is 2. The molecule has 2 rings (SSSR count). The van der Waals surface area contributed by atoms with Crippen LogP contribution < -0.4 is 0 Å². The van der Waals surface area contributed by atoms with Gasteiger partial charge in [-0.2, -0.15) is 0 Å². The Kier molecular flexibility index (Phi) is 4.70. The molecule has 0 saturated carbocycles. The first-order chi connectivity index (χ1) is 10.7. The van der Waals surface area contributed by atoms with Crippen LogP contribution in [0.3, 0.4) is 0 Å². The molecule has 2 amide bonds. The third-order valence-corrected chi connectivity index (χ3v) is 3.36. The minimum Gasteiger partial charge on any atom is -0.443 e. The van der Waals surface area contributed by atoms with E-state index >= 15 is 0 Å². The smallest absolute Gasteiger partial charge is 0.417 e. The van der Waals surface area contributed by atoms with Gasteiger partial charge in [0.1, 0.15) is 5.60 Å². The summed E-state index contributed by atoms with van der Waals surface area (Å²) in [7, 11) is 1.43. The first-order valence-electron chi connectivity index (χ1n) is 7.13. The van der Waals surface area contributed by atoms with Crippen LogP contribution in [0.5, 0.6) is 0 Å². The molecule has 1 atom stereocenters.